The van der Waals surface area contributed by atoms with Gasteiger partial charge in [-0.3, -0.25) is 0 Å². The largest absolute Gasteiger partial charge is 0.434 e. The molecule has 0 aliphatic carbocycles. The van der Waals surface area contributed by atoms with E-state index in [-0.39, 0.29) is 10.9 Å². The summed E-state index contributed by atoms with van der Waals surface area (Å²) in [6.45, 7) is 0. The van der Waals surface area contributed by atoms with Crippen molar-refractivity contribution in [3.05, 3.63) is 34.7 Å². The van der Waals surface area contributed by atoms with Gasteiger partial charge in [0.15, 0.2) is 5.69 Å². The van der Waals surface area contributed by atoms with Gasteiger partial charge in [-0.2, -0.15) is 13.2 Å². The van der Waals surface area contributed by atoms with Gasteiger partial charge in [-0.05, 0) is 18.2 Å². The lowest BCUT2D eigenvalue weighted by molar-refractivity contribution is -0.139. The Morgan fingerprint density at radius 1 is 1.13 bits per heavy atom. The minimum Gasteiger partial charge on any atom is -0.236 e. The molecule has 0 saturated heterocycles. The maximum atomic E-state index is 12.5. The highest BCUT2D eigenvalue weighted by atomic mass is 79.9. The summed E-state index contributed by atoms with van der Waals surface area (Å²) in [7, 11) is 0. The predicted octanol–water partition coefficient (Wildman–Crippen LogP) is 3.41. The van der Waals surface area contributed by atoms with Gasteiger partial charge in [-0.1, -0.05) is 15.9 Å². The third-order valence-electron chi connectivity index (χ3n) is 1.87. The maximum absolute atomic E-state index is 12.5. The third-order valence-corrected chi connectivity index (χ3v) is 2.36. The van der Waals surface area contributed by atoms with Gasteiger partial charge in [0.1, 0.15) is 6.33 Å². The molecule has 0 bridgehead atoms. The van der Waals surface area contributed by atoms with E-state index in [4.69, 9.17) is 0 Å². The zero-order chi connectivity index (χ0) is 11.1. The van der Waals surface area contributed by atoms with E-state index in [9.17, 15) is 13.2 Å². The number of halogens is 4. The number of fused-ring (bicyclic) bond motifs is 1. The standard InChI is InChI=1S/C9H4BrF3N2/c10-5-1-2-6-7(3-5)14-4-15-8(6)9(11,12)13/h1-4H. The Morgan fingerprint density at radius 3 is 2.53 bits per heavy atom. The van der Waals surface area contributed by atoms with Gasteiger partial charge in [0.2, 0.25) is 0 Å². The average Bonchev–Trinajstić information content (AvgIpc) is 2.15. The Balaban J connectivity index is 2.77. The Hall–Kier alpha value is -1.17. The van der Waals surface area contributed by atoms with Gasteiger partial charge in [0.05, 0.1) is 5.52 Å². The van der Waals surface area contributed by atoms with E-state index in [1.807, 2.05) is 0 Å². The first kappa shape index (κ1) is 10.4. The van der Waals surface area contributed by atoms with Crippen molar-refractivity contribution in [3.63, 3.8) is 0 Å². The first-order chi connectivity index (χ1) is 6.98. The lowest BCUT2D eigenvalue weighted by Crippen LogP contribution is -2.09. The molecule has 2 nitrogen and oxygen atoms in total. The van der Waals surface area contributed by atoms with Crippen molar-refractivity contribution in [2.75, 3.05) is 0 Å². The fraction of sp³-hybridized carbons (Fsp3) is 0.111. The normalized spacial score (nSPS) is 12.0. The van der Waals surface area contributed by atoms with Crippen LogP contribution < -0.4 is 0 Å². The summed E-state index contributed by atoms with van der Waals surface area (Å²) in [4.78, 5) is 7.03. The highest BCUT2D eigenvalue weighted by molar-refractivity contribution is 9.10. The summed E-state index contributed by atoms with van der Waals surface area (Å²) in [5, 5.41) is 0.00759. The number of hydrogen-bond acceptors (Lipinski definition) is 2. The van der Waals surface area contributed by atoms with Crippen molar-refractivity contribution < 1.29 is 13.2 Å². The van der Waals surface area contributed by atoms with E-state index in [1.165, 1.54) is 18.2 Å². The predicted molar refractivity (Wildman–Crippen MR) is 52.2 cm³/mol. The number of nitrogens with zero attached hydrogens (tertiary/aromatic N) is 2. The van der Waals surface area contributed by atoms with E-state index in [2.05, 4.69) is 25.9 Å². The van der Waals surface area contributed by atoms with Gasteiger partial charge < -0.3 is 0 Å². The number of alkyl halides is 3. The SMILES string of the molecule is FC(F)(F)c1ncnc2cc(Br)ccc12. The highest BCUT2D eigenvalue weighted by Crippen LogP contribution is 2.32. The number of rotatable bonds is 0. The van der Waals surface area contributed by atoms with Crippen molar-refractivity contribution >= 4 is 26.8 Å². The third kappa shape index (κ3) is 1.94. The van der Waals surface area contributed by atoms with Gasteiger partial charge in [-0.15, -0.1) is 0 Å². The van der Waals surface area contributed by atoms with E-state index in [0.29, 0.717) is 4.47 Å². The molecule has 78 valence electrons. The van der Waals surface area contributed by atoms with Crippen LogP contribution in [0.15, 0.2) is 29.0 Å². The zero-order valence-electron chi connectivity index (χ0n) is 7.22. The second-order valence-corrected chi connectivity index (χ2v) is 3.80. The van der Waals surface area contributed by atoms with Crippen LogP contribution in [0.4, 0.5) is 13.2 Å². The topological polar surface area (TPSA) is 25.8 Å². The smallest absolute Gasteiger partial charge is 0.236 e. The summed E-state index contributed by atoms with van der Waals surface area (Å²) < 4.78 is 38.2. The van der Waals surface area contributed by atoms with Crippen LogP contribution in [0.1, 0.15) is 5.69 Å². The van der Waals surface area contributed by atoms with Crippen LogP contribution in [0.25, 0.3) is 10.9 Å². The summed E-state index contributed by atoms with van der Waals surface area (Å²) in [6.07, 6.45) is -3.54. The minimum absolute atomic E-state index is 0.00759. The summed E-state index contributed by atoms with van der Waals surface area (Å²) in [5.74, 6) is 0. The summed E-state index contributed by atoms with van der Waals surface area (Å²) in [6, 6.07) is 4.40. The number of hydrogen-bond donors (Lipinski definition) is 0. The van der Waals surface area contributed by atoms with Gasteiger partial charge in [-0.25, -0.2) is 9.97 Å². The zero-order valence-corrected chi connectivity index (χ0v) is 8.80. The van der Waals surface area contributed by atoms with Crippen LogP contribution in [-0.2, 0) is 6.18 Å². The molecule has 0 N–H and O–H groups in total. The van der Waals surface area contributed by atoms with Crippen LogP contribution >= 0.6 is 15.9 Å². The van der Waals surface area contributed by atoms with Crippen molar-refractivity contribution in [2.24, 2.45) is 0 Å². The minimum atomic E-state index is -4.45. The molecule has 2 rings (SSSR count). The monoisotopic (exact) mass is 276 g/mol. The van der Waals surface area contributed by atoms with E-state index in [1.54, 1.807) is 0 Å². The first-order valence-corrected chi connectivity index (χ1v) is 4.75. The highest BCUT2D eigenvalue weighted by Gasteiger charge is 2.34. The molecule has 1 heterocycles. The molecule has 1 aromatic carbocycles. The molecule has 0 spiro atoms. The molecule has 1 aromatic heterocycles. The van der Waals surface area contributed by atoms with Gasteiger partial charge in [0.25, 0.3) is 0 Å². The van der Waals surface area contributed by atoms with Crippen LogP contribution in [-0.4, -0.2) is 9.97 Å². The fourth-order valence-corrected chi connectivity index (χ4v) is 1.61. The van der Waals surface area contributed by atoms with Crippen LogP contribution in [0.3, 0.4) is 0 Å². The Labute approximate surface area is 91.3 Å². The summed E-state index contributed by atoms with van der Waals surface area (Å²) in [5.41, 5.74) is -0.633. The Kier molecular flexibility index (Phi) is 2.38. The Bertz CT molecular complexity index is 510. The molecule has 0 atom stereocenters. The van der Waals surface area contributed by atoms with Crippen molar-refractivity contribution in [2.45, 2.75) is 6.18 Å². The van der Waals surface area contributed by atoms with Crippen LogP contribution in [0.5, 0.6) is 0 Å². The molecule has 0 unspecified atom stereocenters. The molecule has 0 amide bonds. The number of aromatic nitrogens is 2. The molecule has 6 heteroatoms. The molecule has 0 aliphatic rings. The van der Waals surface area contributed by atoms with E-state index >= 15 is 0 Å². The molecule has 0 fully saturated rings. The maximum Gasteiger partial charge on any atom is 0.434 e. The van der Waals surface area contributed by atoms with Crippen molar-refractivity contribution in [3.8, 4) is 0 Å². The van der Waals surface area contributed by atoms with Gasteiger partial charge >= 0.3 is 6.18 Å². The summed E-state index contributed by atoms with van der Waals surface area (Å²) >= 11 is 3.17. The van der Waals surface area contributed by atoms with E-state index in [0.717, 1.165) is 6.33 Å². The fourth-order valence-electron chi connectivity index (χ4n) is 1.26. The molecule has 0 aliphatic heterocycles. The number of benzene rings is 1. The lowest BCUT2D eigenvalue weighted by atomic mass is 10.2. The van der Waals surface area contributed by atoms with Crippen molar-refractivity contribution in [1.82, 2.24) is 9.97 Å². The second-order valence-electron chi connectivity index (χ2n) is 2.88. The molecular formula is C9H4BrF3N2. The lowest BCUT2D eigenvalue weighted by Gasteiger charge is -2.08. The van der Waals surface area contributed by atoms with Crippen LogP contribution in [0.2, 0.25) is 0 Å². The molecule has 0 radical (unpaired) electrons. The quantitative estimate of drug-likeness (QED) is 0.737. The molecule has 2 aromatic rings. The molecular weight excluding hydrogens is 273 g/mol. The van der Waals surface area contributed by atoms with E-state index < -0.39 is 11.9 Å². The second kappa shape index (κ2) is 3.44. The van der Waals surface area contributed by atoms with Gasteiger partial charge in [0, 0.05) is 9.86 Å². The molecule has 0 saturated carbocycles. The van der Waals surface area contributed by atoms with Crippen LogP contribution in [0, 0.1) is 0 Å². The van der Waals surface area contributed by atoms with Crippen molar-refractivity contribution in [1.29, 1.82) is 0 Å². The molecule has 15 heavy (non-hydrogen) atoms. The average molecular weight is 277 g/mol. The Morgan fingerprint density at radius 2 is 1.87 bits per heavy atom. The first-order valence-electron chi connectivity index (χ1n) is 3.96.